The fourth-order valence-corrected chi connectivity index (χ4v) is 3.63. The van der Waals surface area contributed by atoms with Crippen LogP contribution in [0.1, 0.15) is 5.56 Å². The van der Waals surface area contributed by atoms with Gasteiger partial charge in [-0.05, 0) is 36.8 Å². The average Bonchev–Trinajstić information content (AvgIpc) is 2.40. The van der Waals surface area contributed by atoms with Crippen molar-refractivity contribution in [1.29, 1.82) is 0 Å². The van der Waals surface area contributed by atoms with Gasteiger partial charge in [0.25, 0.3) is 10.0 Å². The number of aryl methyl sites for hydroxylation is 1. The first kappa shape index (κ1) is 17.2. The quantitative estimate of drug-likeness (QED) is 0.858. The molecule has 6 nitrogen and oxygen atoms in total. The van der Waals surface area contributed by atoms with Gasteiger partial charge in [0.05, 0.1) is 22.5 Å². The van der Waals surface area contributed by atoms with E-state index in [2.05, 4.69) is 9.44 Å². The Morgan fingerprint density at radius 1 is 0.913 bits per heavy atom. The topological polar surface area (TPSA) is 92.3 Å². The molecule has 124 valence electrons. The van der Waals surface area contributed by atoms with E-state index in [0.29, 0.717) is 0 Å². The van der Waals surface area contributed by atoms with Gasteiger partial charge in [0.15, 0.2) is 0 Å². The fraction of sp³-hybridized carbons (Fsp3) is 0.143. The minimum atomic E-state index is -3.98. The van der Waals surface area contributed by atoms with Crippen LogP contribution in [0, 0.1) is 12.7 Å². The van der Waals surface area contributed by atoms with Crippen LogP contribution in [-0.4, -0.2) is 23.1 Å². The number of nitrogens with one attached hydrogen (secondary N) is 2. The molecular formula is C14H15FN2O4S2. The summed E-state index contributed by atoms with van der Waals surface area (Å²) in [5.41, 5.74) is 0.476. The van der Waals surface area contributed by atoms with Crippen molar-refractivity contribution in [2.45, 2.75) is 11.8 Å². The Morgan fingerprint density at radius 3 is 2.22 bits per heavy atom. The third-order valence-electron chi connectivity index (χ3n) is 2.82. The maximum absolute atomic E-state index is 13.4. The molecule has 2 N–H and O–H groups in total. The highest BCUT2D eigenvalue weighted by Crippen LogP contribution is 2.26. The van der Waals surface area contributed by atoms with E-state index < -0.39 is 25.9 Å². The van der Waals surface area contributed by atoms with Crippen molar-refractivity contribution < 1.29 is 21.2 Å². The molecule has 0 fully saturated rings. The lowest BCUT2D eigenvalue weighted by atomic mass is 10.2. The molecule has 0 aromatic heterocycles. The van der Waals surface area contributed by atoms with Gasteiger partial charge in [-0.15, -0.1) is 0 Å². The monoisotopic (exact) mass is 358 g/mol. The van der Waals surface area contributed by atoms with Gasteiger partial charge >= 0.3 is 0 Å². The molecule has 2 rings (SSSR count). The predicted molar refractivity (Wildman–Crippen MR) is 86.9 cm³/mol. The molecule has 0 heterocycles. The standard InChI is InChI=1S/C14H15FN2O4S2/c1-10-4-3-5-12(8-10)23(20,21)17-14-9-11(15)6-7-13(14)16-22(2,18)19/h3-9,16-17H,1-2H3. The normalized spacial score (nSPS) is 12.0. The van der Waals surface area contributed by atoms with Crippen molar-refractivity contribution in [3.8, 4) is 0 Å². The molecule has 0 saturated carbocycles. The molecule has 0 atom stereocenters. The molecule has 23 heavy (non-hydrogen) atoms. The molecule has 0 radical (unpaired) electrons. The SMILES string of the molecule is Cc1cccc(S(=O)(=O)Nc2cc(F)ccc2NS(C)(=O)=O)c1. The van der Waals surface area contributed by atoms with E-state index in [-0.39, 0.29) is 16.3 Å². The van der Waals surface area contributed by atoms with Crippen molar-refractivity contribution in [2.24, 2.45) is 0 Å². The van der Waals surface area contributed by atoms with E-state index in [9.17, 15) is 21.2 Å². The molecule has 0 amide bonds. The van der Waals surface area contributed by atoms with Gasteiger partial charge in [-0.1, -0.05) is 12.1 Å². The van der Waals surface area contributed by atoms with Gasteiger partial charge < -0.3 is 0 Å². The van der Waals surface area contributed by atoms with Crippen molar-refractivity contribution in [1.82, 2.24) is 0 Å². The Labute approximate surface area is 134 Å². The van der Waals surface area contributed by atoms with Crippen LogP contribution in [0.4, 0.5) is 15.8 Å². The van der Waals surface area contributed by atoms with Gasteiger partial charge in [-0.2, -0.15) is 0 Å². The number of benzene rings is 2. The van der Waals surface area contributed by atoms with Crippen LogP contribution in [0.2, 0.25) is 0 Å². The van der Waals surface area contributed by atoms with E-state index in [0.717, 1.165) is 30.0 Å². The van der Waals surface area contributed by atoms with Crippen molar-refractivity contribution in [2.75, 3.05) is 15.7 Å². The highest BCUT2D eigenvalue weighted by Gasteiger charge is 2.18. The lowest BCUT2D eigenvalue weighted by molar-refractivity contribution is 0.600. The number of sulfonamides is 2. The van der Waals surface area contributed by atoms with Crippen molar-refractivity contribution >= 4 is 31.4 Å². The number of hydrogen-bond donors (Lipinski definition) is 2. The van der Waals surface area contributed by atoms with Crippen molar-refractivity contribution in [3.05, 3.63) is 53.8 Å². The van der Waals surface area contributed by atoms with Crippen LogP contribution in [0.25, 0.3) is 0 Å². The van der Waals surface area contributed by atoms with E-state index in [1.807, 2.05) is 0 Å². The zero-order chi connectivity index (χ0) is 17.3. The average molecular weight is 358 g/mol. The summed E-state index contributed by atoms with van der Waals surface area (Å²) in [6.45, 7) is 1.73. The van der Waals surface area contributed by atoms with Crippen LogP contribution < -0.4 is 9.44 Å². The second kappa shape index (κ2) is 6.17. The van der Waals surface area contributed by atoms with E-state index in [1.165, 1.54) is 12.1 Å². The smallest absolute Gasteiger partial charge is 0.261 e. The van der Waals surface area contributed by atoms with Gasteiger partial charge in [0.1, 0.15) is 5.82 Å². The van der Waals surface area contributed by atoms with Crippen LogP contribution in [0.5, 0.6) is 0 Å². The molecule has 2 aromatic carbocycles. The van der Waals surface area contributed by atoms with Gasteiger partial charge in [-0.25, -0.2) is 21.2 Å². The van der Waals surface area contributed by atoms with Crippen LogP contribution in [0.3, 0.4) is 0 Å². The maximum atomic E-state index is 13.4. The van der Waals surface area contributed by atoms with Crippen LogP contribution in [-0.2, 0) is 20.0 Å². The molecule has 0 bridgehead atoms. The summed E-state index contributed by atoms with van der Waals surface area (Å²) in [6, 6.07) is 9.22. The minimum Gasteiger partial charge on any atom is -0.282 e. The molecular weight excluding hydrogens is 343 g/mol. The first-order chi connectivity index (χ1) is 10.6. The molecule has 0 aliphatic rings. The van der Waals surface area contributed by atoms with E-state index in [1.54, 1.807) is 19.1 Å². The molecule has 0 aliphatic carbocycles. The van der Waals surface area contributed by atoms with Gasteiger partial charge in [0, 0.05) is 6.07 Å². The first-order valence-corrected chi connectivity index (χ1v) is 9.81. The number of rotatable bonds is 5. The lowest BCUT2D eigenvalue weighted by Crippen LogP contribution is -2.17. The summed E-state index contributed by atoms with van der Waals surface area (Å²) in [7, 11) is -7.63. The maximum Gasteiger partial charge on any atom is 0.261 e. The van der Waals surface area contributed by atoms with Gasteiger partial charge in [0.2, 0.25) is 10.0 Å². The number of hydrogen-bond acceptors (Lipinski definition) is 4. The Kier molecular flexibility index (Phi) is 4.62. The highest BCUT2D eigenvalue weighted by atomic mass is 32.2. The Bertz CT molecular complexity index is 941. The summed E-state index contributed by atoms with van der Waals surface area (Å²) in [6.07, 6.45) is 0.912. The lowest BCUT2D eigenvalue weighted by Gasteiger charge is -2.13. The molecule has 0 saturated heterocycles. The zero-order valence-corrected chi connectivity index (χ0v) is 14.0. The van der Waals surface area contributed by atoms with Crippen molar-refractivity contribution in [3.63, 3.8) is 0 Å². The predicted octanol–water partition coefficient (Wildman–Crippen LogP) is 2.31. The second-order valence-corrected chi connectivity index (χ2v) is 8.42. The third kappa shape index (κ3) is 4.67. The van der Waals surface area contributed by atoms with Crippen LogP contribution >= 0.6 is 0 Å². The first-order valence-electron chi connectivity index (χ1n) is 6.44. The summed E-state index contributed by atoms with van der Waals surface area (Å²) in [5, 5.41) is 0. The van der Waals surface area contributed by atoms with Gasteiger partial charge in [-0.3, -0.25) is 9.44 Å². The van der Waals surface area contributed by atoms with E-state index >= 15 is 0 Å². The Morgan fingerprint density at radius 2 is 1.61 bits per heavy atom. The Balaban J connectivity index is 2.44. The third-order valence-corrected chi connectivity index (χ3v) is 4.78. The molecule has 2 aromatic rings. The second-order valence-electron chi connectivity index (χ2n) is 4.99. The molecule has 9 heteroatoms. The fourth-order valence-electron chi connectivity index (χ4n) is 1.88. The summed E-state index contributed by atoms with van der Waals surface area (Å²) < 4.78 is 65.2. The highest BCUT2D eigenvalue weighted by molar-refractivity contribution is 7.93. The van der Waals surface area contributed by atoms with E-state index in [4.69, 9.17) is 0 Å². The molecule has 0 aliphatic heterocycles. The molecule has 0 unspecified atom stereocenters. The number of anilines is 2. The zero-order valence-electron chi connectivity index (χ0n) is 12.4. The summed E-state index contributed by atoms with van der Waals surface area (Å²) >= 11 is 0. The largest absolute Gasteiger partial charge is 0.282 e. The van der Waals surface area contributed by atoms with Crippen LogP contribution in [0.15, 0.2) is 47.4 Å². The number of halogens is 1. The molecule has 0 spiro atoms. The minimum absolute atomic E-state index is 0.00735. The summed E-state index contributed by atoms with van der Waals surface area (Å²) in [5.74, 6) is -0.703. The Hall–Kier alpha value is -2.13. The summed E-state index contributed by atoms with van der Waals surface area (Å²) in [4.78, 5) is -0.00735.